The van der Waals surface area contributed by atoms with Gasteiger partial charge in [-0.05, 0) is 12.5 Å². The van der Waals surface area contributed by atoms with Crippen molar-refractivity contribution in [3.8, 4) is 0 Å². The van der Waals surface area contributed by atoms with Crippen molar-refractivity contribution < 1.29 is 4.39 Å². The van der Waals surface area contributed by atoms with Crippen LogP contribution in [0.5, 0.6) is 0 Å². The predicted molar refractivity (Wildman–Crippen MR) is 92.8 cm³/mol. The molecule has 0 radical (unpaired) electrons. The number of aromatic nitrogens is 2. The maximum absolute atomic E-state index is 14.1. The fourth-order valence-corrected chi connectivity index (χ4v) is 3.09. The van der Waals surface area contributed by atoms with Crippen LogP contribution in [0.1, 0.15) is 43.4 Å². The van der Waals surface area contributed by atoms with Gasteiger partial charge in [-0.15, -0.1) is 0 Å². The number of hydrogen-bond acceptors (Lipinski definition) is 3. The molecule has 0 saturated carbocycles. The summed E-state index contributed by atoms with van der Waals surface area (Å²) in [7, 11) is 0. The molecule has 0 amide bonds. The molecule has 2 heterocycles. The molecule has 0 bridgehead atoms. The van der Waals surface area contributed by atoms with Crippen molar-refractivity contribution in [1.82, 2.24) is 14.9 Å². The van der Waals surface area contributed by atoms with Crippen molar-refractivity contribution in [2.45, 2.75) is 45.7 Å². The van der Waals surface area contributed by atoms with Crippen LogP contribution in [0.2, 0.25) is 5.02 Å². The molecule has 0 aliphatic carbocycles. The molecule has 1 aliphatic rings. The van der Waals surface area contributed by atoms with E-state index in [1.54, 1.807) is 18.2 Å². The van der Waals surface area contributed by atoms with Crippen LogP contribution >= 0.6 is 11.6 Å². The summed E-state index contributed by atoms with van der Waals surface area (Å²) in [5.74, 6) is 0.307. The van der Waals surface area contributed by atoms with E-state index in [1.807, 2.05) is 20.8 Å². The molecule has 1 N–H and O–H groups in total. The number of nitrogens with one attached hydrogen (secondary N) is 1. The first kappa shape index (κ1) is 17.1. The molecule has 4 nitrogen and oxygen atoms in total. The molecule has 1 aromatic heterocycles. The number of fused-ring (bicyclic) bond motifs is 1. The second kappa shape index (κ2) is 6.30. The molecule has 128 valence electrons. The lowest BCUT2D eigenvalue weighted by Crippen LogP contribution is -2.36. The number of hydrogen-bond donors (Lipinski definition) is 1. The summed E-state index contributed by atoms with van der Waals surface area (Å²) in [5.41, 5.74) is 1.81. The Morgan fingerprint density at radius 2 is 2.12 bits per heavy atom. The molecule has 0 spiro atoms. The van der Waals surface area contributed by atoms with Gasteiger partial charge in [0.15, 0.2) is 0 Å². The second-order valence-electron chi connectivity index (χ2n) is 7.26. The van der Waals surface area contributed by atoms with Crippen molar-refractivity contribution in [2.24, 2.45) is 0 Å². The van der Waals surface area contributed by atoms with E-state index >= 15 is 0 Å². The minimum absolute atomic E-state index is 0.0569. The Hall–Kier alpha value is -1.72. The SMILES string of the molecule is CC(C)(C)c1nc2c(c(=O)[nH]1)CCN(Cc1cccc(Cl)c1F)C2. The average molecular weight is 350 g/mol. The highest BCUT2D eigenvalue weighted by molar-refractivity contribution is 6.30. The Balaban J connectivity index is 1.87. The molecular formula is C18H21ClFN3O. The largest absolute Gasteiger partial charge is 0.310 e. The minimum Gasteiger partial charge on any atom is -0.310 e. The summed E-state index contributed by atoms with van der Waals surface area (Å²) in [4.78, 5) is 22.0. The third-order valence-electron chi connectivity index (χ3n) is 4.29. The van der Waals surface area contributed by atoms with E-state index in [4.69, 9.17) is 11.6 Å². The van der Waals surface area contributed by atoms with Crippen LogP contribution in [-0.4, -0.2) is 21.4 Å². The van der Waals surface area contributed by atoms with Gasteiger partial charge in [0.1, 0.15) is 11.6 Å². The van der Waals surface area contributed by atoms with Crippen molar-refractivity contribution in [1.29, 1.82) is 0 Å². The van der Waals surface area contributed by atoms with Crippen LogP contribution in [0.3, 0.4) is 0 Å². The van der Waals surface area contributed by atoms with Crippen LogP contribution in [0.4, 0.5) is 4.39 Å². The standard InChI is InChI=1S/C18H21ClFN3O/c1-18(2,3)17-21-14-10-23(8-7-12(14)16(24)22-17)9-11-5-4-6-13(19)15(11)20/h4-6H,7-10H2,1-3H3,(H,21,22,24). The van der Waals surface area contributed by atoms with E-state index in [1.165, 1.54) is 0 Å². The van der Waals surface area contributed by atoms with Gasteiger partial charge < -0.3 is 4.98 Å². The van der Waals surface area contributed by atoms with Crippen molar-refractivity contribution in [3.63, 3.8) is 0 Å². The van der Waals surface area contributed by atoms with Crippen LogP contribution in [0.25, 0.3) is 0 Å². The molecule has 1 aliphatic heterocycles. The zero-order chi connectivity index (χ0) is 17.5. The van der Waals surface area contributed by atoms with Gasteiger partial charge in [0.2, 0.25) is 0 Å². The van der Waals surface area contributed by atoms with Crippen LogP contribution < -0.4 is 5.56 Å². The lowest BCUT2D eigenvalue weighted by Gasteiger charge is -2.29. The summed E-state index contributed by atoms with van der Waals surface area (Å²) in [6.07, 6.45) is 0.615. The molecule has 3 rings (SSSR count). The van der Waals surface area contributed by atoms with Gasteiger partial charge in [-0.1, -0.05) is 44.5 Å². The first-order valence-corrected chi connectivity index (χ1v) is 8.41. The highest BCUT2D eigenvalue weighted by atomic mass is 35.5. The maximum atomic E-state index is 14.1. The van der Waals surface area contributed by atoms with Crippen molar-refractivity contribution in [3.05, 3.63) is 62.0 Å². The summed E-state index contributed by atoms with van der Waals surface area (Å²) >= 11 is 5.85. The normalized spacial score (nSPS) is 15.4. The Morgan fingerprint density at radius 1 is 1.38 bits per heavy atom. The minimum atomic E-state index is -0.376. The third kappa shape index (κ3) is 3.37. The summed E-state index contributed by atoms with van der Waals surface area (Å²) in [5, 5.41) is 0.134. The first-order chi connectivity index (χ1) is 11.3. The van der Waals surface area contributed by atoms with E-state index in [0.29, 0.717) is 37.4 Å². The molecule has 1 aromatic carbocycles. The highest BCUT2D eigenvalue weighted by Crippen LogP contribution is 2.23. The lowest BCUT2D eigenvalue weighted by molar-refractivity contribution is 0.236. The highest BCUT2D eigenvalue weighted by Gasteiger charge is 2.25. The number of rotatable bonds is 2. The maximum Gasteiger partial charge on any atom is 0.254 e. The zero-order valence-electron chi connectivity index (χ0n) is 14.1. The molecule has 0 saturated heterocycles. The van der Waals surface area contributed by atoms with E-state index in [9.17, 15) is 9.18 Å². The number of aromatic amines is 1. The van der Waals surface area contributed by atoms with Crippen molar-refractivity contribution in [2.75, 3.05) is 6.54 Å². The van der Waals surface area contributed by atoms with Gasteiger partial charge in [-0.25, -0.2) is 9.37 Å². The quantitative estimate of drug-likeness (QED) is 0.903. The molecule has 0 unspecified atom stereocenters. The van der Waals surface area contributed by atoms with Gasteiger partial charge in [-0.3, -0.25) is 9.69 Å². The monoisotopic (exact) mass is 349 g/mol. The summed E-state index contributed by atoms with van der Waals surface area (Å²) in [6, 6.07) is 5.03. The number of nitrogens with zero attached hydrogens (tertiary/aromatic N) is 2. The number of benzene rings is 1. The Labute approximate surface area is 145 Å². The van der Waals surface area contributed by atoms with E-state index < -0.39 is 0 Å². The van der Waals surface area contributed by atoms with Crippen LogP contribution in [0.15, 0.2) is 23.0 Å². The van der Waals surface area contributed by atoms with E-state index in [2.05, 4.69) is 14.9 Å². The van der Waals surface area contributed by atoms with E-state index in [0.717, 1.165) is 11.3 Å². The van der Waals surface area contributed by atoms with Gasteiger partial charge in [0, 0.05) is 36.2 Å². The van der Waals surface area contributed by atoms with Gasteiger partial charge in [0.25, 0.3) is 5.56 Å². The molecule has 24 heavy (non-hydrogen) atoms. The molecule has 0 fully saturated rings. The Morgan fingerprint density at radius 3 is 2.83 bits per heavy atom. The van der Waals surface area contributed by atoms with Crippen LogP contribution in [0, 0.1) is 5.82 Å². The zero-order valence-corrected chi connectivity index (χ0v) is 14.9. The third-order valence-corrected chi connectivity index (χ3v) is 4.58. The number of H-pyrrole nitrogens is 1. The molecule has 2 aromatic rings. The fraction of sp³-hybridized carbons (Fsp3) is 0.444. The molecule has 0 atom stereocenters. The van der Waals surface area contributed by atoms with E-state index in [-0.39, 0.29) is 21.8 Å². The van der Waals surface area contributed by atoms with Crippen molar-refractivity contribution >= 4 is 11.6 Å². The second-order valence-corrected chi connectivity index (χ2v) is 7.67. The Bertz CT molecular complexity index is 826. The van der Waals surface area contributed by atoms with Gasteiger partial charge in [0.05, 0.1) is 10.7 Å². The molecular weight excluding hydrogens is 329 g/mol. The van der Waals surface area contributed by atoms with Gasteiger partial charge in [-0.2, -0.15) is 0 Å². The predicted octanol–water partition coefficient (Wildman–Crippen LogP) is 3.42. The smallest absolute Gasteiger partial charge is 0.254 e. The van der Waals surface area contributed by atoms with Gasteiger partial charge >= 0.3 is 0 Å². The lowest BCUT2D eigenvalue weighted by atomic mass is 9.95. The molecule has 6 heteroatoms. The first-order valence-electron chi connectivity index (χ1n) is 8.03. The Kier molecular flexibility index (Phi) is 4.49. The fourth-order valence-electron chi connectivity index (χ4n) is 2.90. The topological polar surface area (TPSA) is 49.0 Å². The average Bonchev–Trinajstić information content (AvgIpc) is 2.50. The number of halogens is 2. The summed E-state index contributed by atoms with van der Waals surface area (Å²) < 4.78 is 14.1. The van der Waals surface area contributed by atoms with Crippen LogP contribution in [-0.2, 0) is 24.9 Å². The summed E-state index contributed by atoms with van der Waals surface area (Å²) in [6.45, 7) is 7.72.